The summed E-state index contributed by atoms with van der Waals surface area (Å²) in [6.07, 6.45) is 4.84. The summed E-state index contributed by atoms with van der Waals surface area (Å²) in [6.45, 7) is 0. The number of carbonyl (C=O) groups excluding carboxylic acids is 1. The van der Waals surface area contributed by atoms with Crippen LogP contribution in [0.4, 0.5) is 0 Å². The van der Waals surface area contributed by atoms with E-state index in [4.69, 9.17) is 32.4 Å². The lowest BCUT2D eigenvalue weighted by molar-refractivity contribution is 0.0598. The lowest BCUT2D eigenvalue weighted by Crippen LogP contribution is -2.03. The standard InChI is InChI=1S/C20H14Cl2N4O3S/c1-28-19(27)14-6-8-29-17(14)11-30-20-25-24-18(12-3-2-7-23-10-12)26(20)13-4-5-15(21)16(22)9-13/h2-10H,11H2,1H3. The Kier molecular flexibility index (Phi) is 6.08. The van der Waals surface area contributed by atoms with Crippen LogP contribution in [0, 0.1) is 0 Å². The van der Waals surface area contributed by atoms with Gasteiger partial charge in [0, 0.05) is 18.0 Å². The van der Waals surface area contributed by atoms with E-state index in [0.717, 1.165) is 11.3 Å². The molecule has 4 rings (SSSR count). The average molecular weight is 461 g/mol. The van der Waals surface area contributed by atoms with Crippen molar-refractivity contribution in [2.24, 2.45) is 0 Å². The number of esters is 1. The molecule has 30 heavy (non-hydrogen) atoms. The minimum absolute atomic E-state index is 0.351. The van der Waals surface area contributed by atoms with E-state index in [1.165, 1.54) is 25.1 Å². The second kappa shape index (κ2) is 8.91. The number of carbonyl (C=O) groups is 1. The van der Waals surface area contributed by atoms with Gasteiger partial charge in [0.1, 0.15) is 11.3 Å². The molecule has 0 amide bonds. The van der Waals surface area contributed by atoms with Crippen molar-refractivity contribution in [1.82, 2.24) is 19.7 Å². The molecule has 0 saturated heterocycles. The first-order chi connectivity index (χ1) is 14.6. The molecule has 0 spiro atoms. The molecule has 0 aliphatic carbocycles. The van der Waals surface area contributed by atoms with Crippen molar-refractivity contribution in [2.75, 3.05) is 7.11 Å². The van der Waals surface area contributed by atoms with Crippen molar-refractivity contribution < 1.29 is 13.9 Å². The lowest BCUT2D eigenvalue weighted by Gasteiger charge is -2.11. The van der Waals surface area contributed by atoms with Crippen LogP contribution in [0.25, 0.3) is 17.1 Å². The first kappa shape index (κ1) is 20.5. The molecule has 7 nitrogen and oxygen atoms in total. The molecule has 3 aromatic heterocycles. The molecule has 1 aromatic carbocycles. The van der Waals surface area contributed by atoms with Gasteiger partial charge < -0.3 is 9.15 Å². The van der Waals surface area contributed by atoms with Crippen LogP contribution in [0.5, 0.6) is 0 Å². The highest BCUT2D eigenvalue weighted by Crippen LogP contribution is 2.33. The minimum Gasteiger partial charge on any atom is -0.468 e. The molecule has 0 aliphatic rings. The van der Waals surface area contributed by atoms with E-state index in [9.17, 15) is 4.79 Å². The van der Waals surface area contributed by atoms with Gasteiger partial charge in [-0.2, -0.15) is 0 Å². The Balaban J connectivity index is 1.73. The normalized spacial score (nSPS) is 10.9. The summed E-state index contributed by atoms with van der Waals surface area (Å²) < 4.78 is 12.1. The zero-order valence-electron chi connectivity index (χ0n) is 15.6. The van der Waals surface area contributed by atoms with E-state index >= 15 is 0 Å². The Labute approximate surface area is 186 Å². The largest absolute Gasteiger partial charge is 0.468 e. The Morgan fingerprint density at radius 2 is 2.07 bits per heavy atom. The zero-order valence-corrected chi connectivity index (χ0v) is 17.9. The van der Waals surface area contributed by atoms with Crippen molar-refractivity contribution in [2.45, 2.75) is 10.9 Å². The quantitative estimate of drug-likeness (QED) is 0.284. The topological polar surface area (TPSA) is 83.0 Å². The third kappa shape index (κ3) is 4.07. The first-order valence-electron chi connectivity index (χ1n) is 8.67. The summed E-state index contributed by atoms with van der Waals surface area (Å²) in [5.41, 5.74) is 1.90. The number of methoxy groups -OCH3 is 1. The first-order valence-corrected chi connectivity index (χ1v) is 10.4. The van der Waals surface area contributed by atoms with Gasteiger partial charge in [0.2, 0.25) is 0 Å². The third-order valence-electron chi connectivity index (χ3n) is 4.20. The zero-order chi connectivity index (χ0) is 21.1. The second-order valence-corrected chi connectivity index (χ2v) is 7.78. The van der Waals surface area contributed by atoms with Gasteiger partial charge in [-0.05, 0) is 36.4 Å². The minimum atomic E-state index is -0.457. The van der Waals surface area contributed by atoms with E-state index in [1.807, 2.05) is 22.8 Å². The van der Waals surface area contributed by atoms with Gasteiger partial charge in [-0.3, -0.25) is 9.55 Å². The van der Waals surface area contributed by atoms with Crippen LogP contribution >= 0.6 is 35.0 Å². The average Bonchev–Trinajstić information content (AvgIpc) is 3.41. The monoisotopic (exact) mass is 460 g/mol. The molecular weight excluding hydrogens is 447 g/mol. The number of hydrogen-bond donors (Lipinski definition) is 0. The van der Waals surface area contributed by atoms with Crippen molar-refractivity contribution in [1.29, 1.82) is 0 Å². The van der Waals surface area contributed by atoms with E-state index in [2.05, 4.69) is 15.2 Å². The smallest absolute Gasteiger partial charge is 0.341 e. The second-order valence-electron chi connectivity index (χ2n) is 6.02. The number of thioether (sulfide) groups is 1. The van der Waals surface area contributed by atoms with E-state index < -0.39 is 5.97 Å². The van der Waals surface area contributed by atoms with E-state index in [0.29, 0.717) is 38.1 Å². The molecule has 0 radical (unpaired) electrons. The summed E-state index contributed by atoms with van der Waals surface area (Å²) in [5.74, 6) is 0.973. The highest BCUT2D eigenvalue weighted by Gasteiger charge is 2.20. The Hall–Kier alpha value is -2.81. The fraction of sp³-hybridized carbons (Fsp3) is 0.100. The Morgan fingerprint density at radius 1 is 1.20 bits per heavy atom. The molecule has 3 heterocycles. The highest BCUT2D eigenvalue weighted by molar-refractivity contribution is 7.98. The number of nitrogens with zero attached hydrogens (tertiary/aromatic N) is 4. The molecule has 0 atom stereocenters. The maximum atomic E-state index is 11.9. The highest BCUT2D eigenvalue weighted by atomic mass is 35.5. The van der Waals surface area contributed by atoms with Gasteiger partial charge >= 0.3 is 5.97 Å². The molecule has 0 bridgehead atoms. The summed E-state index contributed by atoms with van der Waals surface area (Å²) in [4.78, 5) is 16.1. The van der Waals surface area contributed by atoms with Crippen LogP contribution in [-0.2, 0) is 10.5 Å². The van der Waals surface area contributed by atoms with Crippen molar-refractivity contribution >= 4 is 40.9 Å². The number of halogens is 2. The molecule has 10 heteroatoms. The van der Waals surface area contributed by atoms with Crippen LogP contribution < -0.4 is 0 Å². The maximum absolute atomic E-state index is 11.9. The van der Waals surface area contributed by atoms with Gasteiger partial charge in [0.15, 0.2) is 11.0 Å². The van der Waals surface area contributed by atoms with Crippen LogP contribution in [-0.4, -0.2) is 32.8 Å². The van der Waals surface area contributed by atoms with Gasteiger partial charge in [0.05, 0.1) is 34.9 Å². The summed E-state index contributed by atoms with van der Waals surface area (Å²) in [7, 11) is 1.33. The number of pyridine rings is 1. The van der Waals surface area contributed by atoms with E-state index in [-0.39, 0.29) is 0 Å². The van der Waals surface area contributed by atoms with Gasteiger partial charge in [-0.15, -0.1) is 10.2 Å². The fourth-order valence-corrected chi connectivity index (χ4v) is 3.97. The molecule has 4 aromatic rings. The van der Waals surface area contributed by atoms with Crippen LogP contribution in [0.3, 0.4) is 0 Å². The summed E-state index contributed by atoms with van der Waals surface area (Å²) in [6, 6.07) is 10.6. The number of hydrogen-bond acceptors (Lipinski definition) is 7. The lowest BCUT2D eigenvalue weighted by atomic mass is 10.2. The van der Waals surface area contributed by atoms with Crippen LogP contribution in [0.15, 0.2) is 64.6 Å². The SMILES string of the molecule is COC(=O)c1ccoc1CSc1nnc(-c2cccnc2)n1-c1ccc(Cl)c(Cl)c1. The number of ether oxygens (including phenoxy) is 1. The van der Waals surface area contributed by atoms with Gasteiger partial charge in [0.25, 0.3) is 0 Å². The Morgan fingerprint density at radius 3 is 2.80 bits per heavy atom. The van der Waals surface area contributed by atoms with Crippen LogP contribution in [0.1, 0.15) is 16.1 Å². The number of rotatable bonds is 6. The van der Waals surface area contributed by atoms with Gasteiger partial charge in [-0.1, -0.05) is 35.0 Å². The molecule has 0 saturated carbocycles. The van der Waals surface area contributed by atoms with E-state index in [1.54, 1.807) is 30.6 Å². The van der Waals surface area contributed by atoms with Gasteiger partial charge in [-0.25, -0.2) is 4.79 Å². The molecular formula is C20H14Cl2N4O3S. The number of furan rings is 1. The molecule has 0 N–H and O–H groups in total. The third-order valence-corrected chi connectivity index (χ3v) is 5.87. The van der Waals surface area contributed by atoms with Crippen LogP contribution in [0.2, 0.25) is 10.0 Å². The fourth-order valence-electron chi connectivity index (χ4n) is 2.78. The molecule has 152 valence electrons. The molecule has 0 fully saturated rings. The number of aromatic nitrogens is 4. The Bertz CT molecular complexity index is 1190. The number of benzene rings is 1. The summed E-state index contributed by atoms with van der Waals surface area (Å²) >= 11 is 13.7. The maximum Gasteiger partial charge on any atom is 0.341 e. The molecule has 0 unspecified atom stereocenters. The van der Waals surface area contributed by atoms with Crippen molar-refractivity contribution in [3.63, 3.8) is 0 Å². The predicted molar refractivity (Wildman–Crippen MR) is 114 cm³/mol. The predicted octanol–water partition coefficient (Wildman–Crippen LogP) is 5.31. The summed E-state index contributed by atoms with van der Waals surface area (Å²) in [5, 5.41) is 10.1. The molecule has 0 aliphatic heterocycles. The van der Waals surface area contributed by atoms with Crippen molar-refractivity contribution in [3.8, 4) is 17.1 Å². The van der Waals surface area contributed by atoms with Crippen molar-refractivity contribution in [3.05, 3.63) is 76.4 Å².